The van der Waals surface area contributed by atoms with E-state index in [1.165, 1.54) is 12.8 Å². The van der Waals surface area contributed by atoms with Gasteiger partial charge in [-0.3, -0.25) is 0 Å². The van der Waals surface area contributed by atoms with E-state index in [9.17, 15) is 13.2 Å². The third kappa shape index (κ3) is 3.85. The van der Waals surface area contributed by atoms with Crippen molar-refractivity contribution >= 4 is 0 Å². The van der Waals surface area contributed by atoms with Crippen LogP contribution in [0.3, 0.4) is 0 Å². The van der Waals surface area contributed by atoms with Crippen LogP contribution in [0.15, 0.2) is 0 Å². The van der Waals surface area contributed by atoms with Gasteiger partial charge in [0, 0.05) is 18.1 Å². The lowest BCUT2D eigenvalue weighted by molar-refractivity contribution is -0.139. The standard InChI is InChI=1S/C13H23F3N2/c1-9(8-13(14,15)16)18-12-5-2-4-10(12)11-6-3-7-17-11/h9-12,17-18H,2-8H2,1H3. The average Bonchev–Trinajstić information content (AvgIpc) is 2.82. The first-order valence-corrected chi connectivity index (χ1v) is 7.02. The van der Waals surface area contributed by atoms with E-state index in [1.54, 1.807) is 6.92 Å². The maximum absolute atomic E-state index is 12.3. The molecule has 1 saturated heterocycles. The molecule has 2 fully saturated rings. The van der Waals surface area contributed by atoms with Gasteiger partial charge in [-0.15, -0.1) is 0 Å². The Bertz CT molecular complexity index is 261. The second kappa shape index (κ2) is 5.78. The van der Waals surface area contributed by atoms with Crippen LogP contribution in [0, 0.1) is 5.92 Å². The van der Waals surface area contributed by atoms with Crippen LogP contribution >= 0.6 is 0 Å². The maximum atomic E-state index is 12.3. The molecule has 2 aliphatic rings. The number of hydrogen-bond donors (Lipinski definition) is 2. The van der Waals surface area contributed by atoms with Gasteiger partial charge in [-0.05, 0) is 45.1 Å². The highest BCUT2D eigenvalue weighted by atomic mass is 19.4. The topological polar surface area (TPSA) is 24.1 Å². The van der Waals surface area contributed by atoms with E-state index in [4.69, 9.17) is 0 Å². The number of nitrogens with one attached hydrogen (secondary N) is 2. The second-order valence-corrected chi connectivity index (χ2v) is 5.79. The summed E-state index contributed by atoms with van der Waals surface area (Å²) in [6.07, 6.45) is 0.890. The molecule has 0 aromatic heterocycles. The highest BCUT2D eigenvalue weighted by molar-refractivity contribution is 4.94. The van der Waals surface area contributed by atoms with Gasteiger partial charge in [0.15, 0.2) is 0 Å². The largest absolute Gasteiger partial charge is 0.390 e. The summed E-state index contributed by atoms with van der Waals surface area (Å²) >= 11 is 0. The molecule has 2 nitrogen and oxygen atoms in total. The van der Waals surface area contributed by atoms with E-state index in [2.05, 4.69) is 10.6 Å². The first-order valence-electron chi connectivity index (χ1n) is 7.02. The van der Waals surface area contributed by atoms with E-state index >= 15 is 0 Å². The van der Waals surface area contributed by atoms with E-state index in [0.29, 0.717) is 12.0 Å². The lowest BCUT2D eigenvalue weighted by Crippen LogP contribution is -2.46. The summed E-state index contributed by atoms with van der Waals surface area (Å²) in [6, 6.07) is 0.304. The average molecular weight is 264 g/mol. The minimum Gasteiger partial charge on any atom is -0.314 e. The van der Waals surface area contributed by atoms with Crippen molar-refractivity contribution in [2.24, 2.45) is 5.92 Å². The minimum atomic E-state index is -4.06. The molecule has 0 radical (unpaired) electrons. The molecule has 2 N–H and O–H groups in total. The van der Waals surface area contributed by atoms with Crippen molar-refractivity contribution < 1.29 is 13.2 Å². The van der Waals surface area contributed by atoms with Crippen molar-refractivity contribution in [1.82, 2.24) is 10.6 Å². The van der Waals surface area contributed by atoms with Crippen molar-refractivity contribution in [3.05, 3.63) is 0 Å². The predicted octanol–water partition coefficient (Wildman–Crippen LogP) is 2.84. The Labute approximate surface area is 107 Å². The Morgan fingerprint density at radius 2 is 2.00 bits per heavy atom. The van der Waals surface area contributed by atoms with Gasteiger partial charge in [0.25, 0.3) is 0 Å². The van der Waals surface area contributed by atoms with Gasteiger partial charge in [0.05, 0.1) is 6.42 Å². The van der Waals surface area contributed by atoms with Crippen molar-refractivity contribution in [1.29, 1.82) is 0 Å². The van der Waals surface area contributed by atoms with Crippen LogP contribution in [0.4, 0.5) is 13.2 Å². The van der Waals surface area contributed by atoms with Crippen LogP contribution < -0.4 is 10.6 Å². The molecular weight excluding hydrogens is 241 g/mol. The SMILES string of the molecule is CC(CC(F)(F)F)NC1CCCC1C1CCCN1. The van der Waals surface area contributed by atoms with Gasteiger partial charge in [-0.2, -0.15) is 13.2 Å². The maximum Gasteiger partial charge on any atom is 0.390 e. The summed E-state index contributed by atoms with van der Waals surface area (Å²) in [7, 11) is 0. The molecule has 4 unspecified atom stereocenters. The van der Waals surface area contributed by atoms with Gasteiger partial charge in [-0.1, -0.05) is 6.42 Å². The molecule has 0 spiro atoms. The Morgan fingerprint density at radius 1 is 1.22 bits per heavy atom. The monoisotopic (exact) mass is 264 g/mol. The van der Waals surface area contributed by atoms with E-state index < -0.39 is 18.6 Å². The summed E-state index contributed by atoms with van der Waals surface area (Å²) in [5.74, 6) is 0.517. The molecule has 1 heterocycles. The molecule has 1 saturated carbocycles. The molecule has 0 amide bonds. The fraction of sp³-hybridized carbons (Fsp3) is 1.00. The Morgan fingerprint density at radius 3 is 2.61 bits per heavy atom. The van der Waals surface area contributed by atoms with Gasteiger partial charge in [0.1, 0.15) is 0 Å². The fourth-order valence-electron chi connectivity index (χ4n) is 3.53. The third-order valence-corrected chi connectivity index (χ3v) is 4.22. The van der Waals surface area contributed by atoms with Crippen LogP contribution in [0.25, 0.3) is 0 Å². The molecule has 18 heavy (non-hydrogen) atoms. The number of rotatable bonds is 4. The van der Waals surface area contributed by atoms with Gasteiger partial charge in [-0.25, -0.2) is 0 Å². The van der Waals surface area contributed by atoms with Crippen LogP contribution in [0.2, 0.25) is 0 Å². The first-order chi connectivity index (χ1) is 8.46. The molecule has 1 aliphatic heterocycles. The highest BCUT2D eigenvalue weighted by Crippen LogP contribution is 2.33. The van der Waals surface area contributed by atoms with Crippen LogP contribution in [-0.2, 0) is 0 Å². The van der Waals surface area contributed by atoms with Gasteiger partial charge < -0.3 is 10.6 Å². The van der Waals surface area contributed by atoms with Gasteiger partial charge in [0.2, 0.25) is 0 Å². The Hall–Kier alpha value is -0.290. The van der Waals surface area contributed by atoms with Crippen LogP contribution in [0.5, 0.6) is 0 Å². The molecule has 0 bridgehead atoms. The summed E-state index contributed by atoms with van der Waals surface area (Å²) < 4.78 is 37.0. The van der Waals surface area contributed by atoms with Gasteiger partial charge >= 0.3 is 6.18 Å². The normalized spacial score (nSPS) is 35.0. The molecule has 5 heteroatoms. The second-order valence-electron chi connectivity index (χ2n) is 5.79. The smallest absolute Gasteiger partial charge is 0.314 e. The lowest BCUT2D eigenvalue weighted by atomic mass is 9.92. The Balaban J connectivity index is 1.83. The van der Waals surface area contributed by atoms with Crippen molar-refractivity contribution in [3.63, 3.8) is 0 Å². The first kappa shape index (κ1) is 14.1. The summed E-state index contributed by atoms with van der Waals surface area (Å²) in [5, 5.41) is 6.69. The lowest BCUT2D eigenvalue weighted by Gasteiger charge is -2.29. The van der Waals surface area contributed by atoms with E-state index in [0.717, 1.165) is 25.8 Å². The van der Waals surface area contributed by atoms with Crippen molar-refractivity contribution in [2.75, 3.05) is 6.54 Å². The summed E-state index contributed by atoms with van der Waals surface area (Å²) in [6.45, 7) is 2.71. The number of hydrogen-bond acceptors (Lipinski definition) is 2. The molecule has 4 atom stereocenters. The Kier molecular flexibility index (Phi) is 4.54. The minimum absolute atomic E-state index is 0.262. The zero-order valence-corrected chi connectivity index (χ0v) is 10.9. The van der Waals surface area contributed by atoms with Crippen LogP contribution in [0.1, 0.15) is 45.4 Å². The molecule has 106 valence electrons. The molecule has 0 aromatic rings. The number of alkyl halides is 3. The quantitative estimate of drug-likeness (QED) is 0.816. The summed E-state index contributed by atoms with van der Waals surface area (Å²) in [4.78, 5) is 0. The summed E-state index contributed by atoms with van der Waals surface area (Å²) in [5.41, 5.74) is 0. The highest BCUT2D eigenvalue weighted by Gasteiger charge is 2.37. The van der Waals surface area contributed by atoms with E-state index in [1.807, 2.05) is 0 Å². The van der Waals surface area contributed by atoms with Crippen molar-refractivity contribution in [3.8, 4) is 0 Å². The predicted molar refractivity (Wildman–Crippen MR) is 65.4 cm³/mol. The van der Waals surface area contributed by atoms with Crippen LogP contribution in [-0.4, -0.2) is 30.8 Å². The van der Waals surface area contributed by atoms with E-state index in [-0.39, 0.29) is 6.04 Å². The zero-order valence-electron chi connectivity index (χ0n) is 10.9. The molecule has 2 rings (SSSR count). The van der Waals surface area contributed by atoms with Crippen molar-refractivity contribution in [2.45, 2.75) is 69.8 Å². The zero-order chi connectivity index (χ0) is 13.2. The molecule has 1 aliphatic carbocycles. The number of halogens is 3. The fourth-order valence-corrected chi connectivity index (χ4v) is 3.53. The molecule has 0 aromatic carbocycles. The molecular formula is C13H23F3N2. The third-order valence-electron chi connectivity index (χ3n) is 4.22.